The van der Waals surface area contributed by atoms with E-state index in [1.54, 1.807) is 34.4 Å². The monoisotopic (exact) mass is 307 g/mol. The summed E-state index contributed by atoms with van der Waals surface area (Å²) in [6.07, 6.45) is 7.83. The van der Waals surface area contributed by atoms with Gasteiger partial charge in [0.05, 0.1) is 17.2 Å². The smallest absolute Gasteiger partial charge is 0.289 e. The molecule has 0 spiro atoms. The molecule has 125 valence electrons. The summed E-state index contributed by atoms with van der Waals surface area (Å²) < 4.78 is 5.22. The molecule has 1 fully saturated rings. The number of rotatable bonds is 7. The van der Waals surface area contributed by atoms with Gasteiger partial charge in [0.2, 0.25) is 0 Å². The summed E-state index contributed by atoms with van der Waals surface area (Å²) in [4.78, 5) is 4.35. The highest BCUT2D eigenvalue weighted by atomic mass is 16.5. The van der Waals surface area contributed by atoms with Crippen LogP contribution in [0.3, 0.4) is 0 Å². The molecule has 3 N–H and O–H groups in total. The SMILES string of the molecule is C=CC(C)/C(C=NC1CC1)=C/N.C[B]OC(C)(C)C(C)(C)O. The number of allylic oxidation sites excluding steroid dienone is 2. The molecule has 4 nitrogen and oxygen atoms in total. The van der Waals surface area contributed by atoms with Crippen molar-refractivity contribution in [2.24, 2.45) is 16.6 Å². The maximum atomic E-state index is 9.53. The van der Waals surface area contributed by atoms with Crippen LogP contribution in [0.15, 0.2) is 29.4 Å². The lowest BCUT2D eigenvalue weighted by molar-refractivity contribution is -0.0899. The molecular formula is C17H32BN2O2. The van der Waals surface area contributed by atoms with E-state index in [0.29, 0.717) is 12.0 Å². The van der Waals surface area contributed by atoms with Gasteiger partial charge in [-0.2, -0.15) is 0 Å². The van der Waals surface area contributed by atoms with E-state index in [4.69, 9.17) is 10.4 Å². The van der Waals surface area contributed by atoms with Crippen molar-refractivity contribution in [1.29, 1.82) is 0 Å². The lowest BCUT2D eigenvalue weighted by Crippen LogP contribution is -2.47. The van der Waals surface area contributed by atoms with Crippen LogP contribution in [0.2, 0.25) is 6.82 Å². The molecule has 1 unspecified atom stereocenters. The molecule has 0 aromatic carbocycles. The van der Waals surface area contributed by atoms with Gasteiger partial charge in [0.15, 0.2) is 0 Å². The topological polar surface area (TPSA) is 67.8 Å². The van der Waals surface area contributed by atoms with Gasteiger partial charge in [0.1, 0.15) is 0 Å². The molecule has 1 atom stereocenters. The number of nitrogens with zero attached hydrogens (tertiary/aromatic N) is 1. The lowest BCUT2D eigenvalue weighted by Gasteiger charge is -2.37. The molecule has 0 heterocycles. The second-order valence-corrected chi connectivity index (χ2v) is 6.62. The van der Waals surface area contributed by atoms with Crippen molar-refractivity contribution in [2.75, 3.05) is 0 Å². The van der Waals surface area contributed by atoms with E-state index < -0.39 is 11.2 Å². The summed E-state index contributed by atoms with van der Waals surface area (Å²) in [7, 11) is 1.60. The Morgan fingerprint density at radius 3 is 2.23 bits per heavy atom. The first-order valence-corrected chi connectivity index (χ1v) is 7.84. The summed E-state index contributed by atoms with van der Waals surface area (Å²) in [5.41, 5.74) is 5.19. The number of aliphatic imine (C=N–C) groups is 1. The van der Waals surface area contributed by atoms with Crippen LogP contribution in [0, 0.1) is 5.92 Å². The van der Waals surface area contributed by atoms with Crippen LogP contribution < -0.4 is 5.73 Å². The van der Waals surface area contributed by atoms with E-state index in [-0.39, 0.29) is 0 Å². The third-order valence-electron chi connectivity index (χ3n) is 3.94. The van der Waals surface area contributed by atoms with E-state index in [1.807, 2.05) is 26.1 Å². The zero-order chi connectivity index (χ0) is 17.4. The Bertz CT molecular complexity index is 394. The van der Waals surface area contributed by atoms with Gasteiger partial charge < -0.3 is 15.5 Å². The van der Waals surface area contributed by atoms with Crippen molar-refractivity contribution >= 4 is 13.7 Å². The van der Waals surface area contributed by atoms with Crippen molar-refractivity contribution < 1.29 is 9.76 Å². The second kappa shape index (κ2) is 9.16. The molecule has 22 heavy (non-hydrogen) atoms. The van der Waals surface area contributed by atoms with Crippen LogP contribution >= 0.6 is 0 Å². The average molecular weight is 307 g/mol. The first kappa shape index (κ1) is 20.9. The summed E-state index contributed by atoms with van der Waals surface area (Å²) in [5.74, 6) is 0.303. The molecule has 0 bridgehead atoms. The second-order valence-electron chi connectivity index (χ2n) is 6.62. The fraction of sp³-hybridized carbons (Fsp3) is 0.706. The third kappa shape index (κ3) is 7.80. The first-order chi connectivity index (χ1) is 10.1. The fourth-order valence-electron chi connectivity index (χ4n) is 1.30. The summed E-state index contributed by atoms with van der Waals surface area (Å²) in [5, 5.41) is 9.53. The van der Waals surface area contributed by atoms with E-state index in [1.165, 1.54) is 12.8 Å². The van der Waals surface area contributed by atoms with Crippen molar-refractivity contribution in [3.63, 3.8) is 0 Å². The summed E-state index contributed by atoms with van der Waals surface area (Å²) in [6, 6.07) is 0.567. The minimum Gasteiger partial charge on any atom is -0.433 e. The van der Waals surface area contributed by atoms with Crippen molar-refractivity contribution in [3.05, 3.63) is 24.4 Å². The zero-order valence-corrected chi connectivity index (χ0v) is 15.0. The lowest BCUT2D eigenvalue weighted by atomic mass is 9.87. The van der Waals surface area contributed by atoms with Gasteiger partial charge in [-0.05, 0) is 52.3 Å². The molecule has 5 heteroatoms. The largest absolute Gasteiger partial charge is 0.433 e. The van der Waals surface area contributed by atoms with Gasteiger partial charge in [-0.25, -0.2) is 0 Å². The highest BCUT2D eigenvalue weighted by molar-refractivity contribution is 6.25. The molecule has 1 radical (unpaired) electrons. The number of aliphatic hydroxyl groups is 1. The highest BCUT2D eigenvalue weighted by Gasteiger charge is 2.34. The average Bonchev–Trinajstić information content (AvgIpc) is 3.22. The van der Waals surface area contributed by atoms with Crippen LogP contribution in [0.5, 0.6) is 0 Å². The molecule has 1 aliphatic carbocycles. The van der Waals surface area contributed by atoms with Gasteiger partial charge in [0, 0.05) is 12.1 Å². The number of nitrogens with two attached hydrogens (primary N) is 1. The molecular weight excluding hydrogens is 275 g/mol. The van der Waals surface area contributed by atoms with Gasteiger partial charge in [-0.15, -0.1) is 6.58 Å². The predicted octanol–water partition coefficient (Wildman–Crippen LogP) is 3.10. The van der Waals surface area contributed by atoms with Gasteiger partial charge in [-0.1, -0.05) is 19.8 Å². The number of hydrogen-bond acceptors (Lipinski definition) is 4. The maximum Gasteiger partial charge on any atom is 0.289 e. The quantitative estimate of drug-likeness (QED) is 0.431. The van der Waals surface area contributed by atoms with E-state index in [0.717, 1.165) is 5.57 Å². The summed E-state index contributed by atoms with van der Waals surface area (Å²) >= 11 is 0. The molecule has 0 amide bonds. The van der Waals surface area contributed by atoms with Crippen molar-refractivity contribution in [3.8, 4) is 0 Å². The van der Waals surface area contributed by atoms with Gasteiger partial charge >= 0.3 is 0 Å². The van der Waals surface area contributed by atoms with Gasteiger partial charge in [-0.3, -0.25) is 4.99 Å². The Hall–Kier alpha value is -1.07. The molecule has 1 aliphatic rings. The maximum absolute atomic E-state index is 9.53. The zero-order valence-electron chi connectivity index (χ0n) is 15.0. The number of hydrogen-bond donors (Lipinski definition) is 2. The minimum atomic E-state index is -0.806. The van der Waals surface area contributed by atoms with Crippen LogP contribution in [-0.2, 0) is 4.65 Å². The molecule has 1 rings (SSSR count). The van der Waals surface area contributed by atoms with Crippen LogP contribution in [0.1, 0.15) is 47.5 Å². The Balaban J connectivity index is 0.000000409. The predicted molar refractivity (Wildman–Crippen MR) is 96.2 cm³/mol. The van der Waals surface area contributed by atoms with Crippen LogP contribution in [0.25, 0.3) is 0 Å². The Labute approximate surface area is 136 Å². The van der Waals surface area contributed by atoms with Crippen molar-refractivity contribution in [1.82, 2.24) is 0 Å². The molecule has 0 aliphatic heterocycles. The van der Waals surface area contributed by atoms with Crippen molar-refractivity contribution in [2.45, 2.75) is 71.5 Å². The standard InChI is InChI=1S/C10H16N2.C7H16BO2/c1-3-8(2)9(6-11)7-12-10-4-5-10;1-6(2,9)7(3,4)10-8-5/h3,6-8,10H,1,4-5,11H2,2H3;9H,1-5H3/b9-6+,12-7?;. The summed E-state index contributed by atoms with van der Waals surface area (Å²) in [6.45, 7) is 14.7. The van der Waals surface area contributed by atoms with E-state index in [9.17, 15) is 5.11 Å². The first-order valence-electron chi connectivity index (χ1n) is 7.84. The molecule has 0 saturated heterocycles. The fourth-order valence-corrected chi connectivity index (χ4v) is 1.30. The van der Waals surface area contributed by atoms with Crippen LogP contribution in [0.4, 0.5) is 0 Å². The van der Waals surface area contributed by atoms with Crippen LogP contribution in [-0.4, -0.2) is 36.0 Å². The minimum absolute atomic E-state index is 0.303. The highest BCUT2D eigenvalue weighted by Crippen LogP contribution is 2.24. The molecule has 0 aromatic heterocycles. The molecule has 0 aromatic rings. The Kier molecular flexibility index (Phi) is 8.72. The molecule has 1 saturated carbocycles. The van der Waals surface area contributed by atoms with E-state index in [2.05, 4.69) is 18.5 Å². The Morgan fingerprint density at radius 2 is 1.95 bits per heavy atom. The normalized spacial score (nSPS) is 17.7. The third-order valence-corrected chi connectivity index (χ3v) is 3.94. The van der Waals surface area contributed by atoms with Gasteiger partial charge in [0.25, 0.3) is 7.48 Å². The van der Waals surface area contributed by atoms with E-state index >= 15 is 0 Å². The Morgan fingerprint density at radius 1 is 1.41 bits per heavy atom.